The van der Waals surface area contributed by atoms with E-state index in [1.807, 2.05) is 34.6 Å². The van der Waals surface area contributed by atoms with Crippen LogP contribution in [0, 0.1) is 19.7 Å². The fourth-order valence-electron chi connectivity index (χ4n) is 4.00. The third-order valence-corrected chi connectivity index (χ3v) is 8.14. The van der Waals surface area contributed by atoms with Crippen LogP contribution in [0.5, 0.6) is 0 Å². The smallest absolute Gasteiger partial charge is 0.264 e. The average molecular weight is 554 g/mol. The molecule has 0 heterocycles. The van der Waals surface area contributed by atoms with E-state index in [-0.39, 0.29) is 17.0 Å². The van der Waals surface area contributed by atoms with Gasteiger partial charge in [0.25, 0.3) is 10.0 Å². The molecule has 39 heavy (non-hydrogen) atoms. The van der Waals surface area contributed by atoms with Gasteiger partial charge in [0, 0.05) is 17.6 Å². The van der Waals surface area contributed by atoms with Crippen molar-refractivity contribution < 1.29 is 22.4 Å². The highest BCUT2D eigenvalue weighted by Crippen LogP contribution is 2.26. The molecule has 1 N–H and O–H groups in total. The Bertz CT molecular complexity index is 1440. The molecule has 3 rings (SSSR count). The van der Waals surface area contributed by atoms with Crippen LogP contribution in [0.15, 0.2) is 77.7 Å². The molecule has 7 nitrogen and oxygen atoms in total. The molecule has 0 aliphatic carbocycles. The van der Waals surface area contributed by atoms with Crippen LogP contribution in [0.3, 0.4) is 0 Å². The predicted octanol–water partition coefficient (Wildman–Crippen LogP) is 4.97. The van der Waals surface area contributed by atoms with Gasteiger partial charge in [0.2, 0.25) is 11.8 Å². The Labute approximate surface area is 230 Å². The molecule has 0 fully saturated rings. The number of amides is 2. The summed E-state index contributed by atoms with van der Waals surface area (Å²) in [4.78, 5) is 28.2. The Morgan fingerprint density at radius 2 is 1.54 bits per heavy atom. The number of anilines is 1. The first kappa shape index (κ1) is 29.8. The molecule has 0 aromatic heterocycles. The van der Waals surface area contributed by atoms with E-state index < -0.39 is 45.8 Å². The SMILES string of the molecule is Cc1ccc(N(CC(=O)N(Cc2ccccc2F)[C@H](C)C(=O)NC(C)(C)C)S(=O)(=O)c2ccccc2)cc1C. The number of hydrogen-bond donors (Lipinski definition) is 1. The second-order valence-electron chi connectivity index (χ2n) is 10.6. The number of nitrogens with zero attached hydrogens (tertiary/aromatic N) is 2. The lowest BCUT2D eigenvalue weighted by Gasteiger charge is -2.33. The van der Waals surface area contributed by atoms with E-state index in [2.05, 4.69) is 5.32 Å². The second-order valence-corrected chi connectivity index (χ2v) is 12.5. The van der Waals surface area contributed by atoms with Crippen molar-refractivity contribution in [2.45, 2.75) is 64.6 Å². The zero-order valence-electron chi connectivity index (χ0n) is 23.2. The Morgan fingerprint density at radius 3 is 2.13 bits per heavy atom. The van der Waals surface area contributed by atoms with Gasteiger partial charge in [-0.15, -0.1) is 0 Å². The third-order valence-electron chi connectivity index (χ3n) is 6.35. The molecule has 3 aromatic carbocycles. The van der Waals surface area contributed by atoms with Gasteiger partial charge in [-0.05, 0) is 83.0 Å². The number of nitrogens with one attached hydrogen (secondary N) is 1. The van der Waals surface area contributed by atoms with Gasteiger partial charge >= 0.3 is 0 Å². The van der Waals surface area contributed by atoms with Gasteiger partial charge < -0.3 is 10.2 Å². The number of aryl methyl sites for hydroxylation is 2. The van der Waals surface area contributed by atoms with Gasteiger partial charge in [0.1, 0.15) is 18.4 Å². The maximum absolute atomic E-state index is 14.6. The van der Waals surface area contributed by atoms with Crippen molar-refractivity contribution in [1.82, 2.24) is 10.2 Å². The number of carbonyl (C=O) groups is 2. The lowest BCUT2D eigenvalue weighted by atomic mass is 10.1. The van der Waals surface area contributed by atoms with Crippen LogP contribution in [-0.4, -0.2) is 43.3 Å². The summed E-state index contributed by atoms with van der Waals surface area (Å²) in [5, 5.41) is 2.85. The second kappa shape index (κ2) is 12.0. The third kappa shape index (κ3) is 7.44. The molecule has 0 bridgehead atoms. The molecule has 0 aliphatic rings. The van der Waals surface area contributed by atoms with Crippen molar-refractivity contribution >= 4 is 27.5 Å². The number of halogens is 1. The number of hydrogen-bond acceptors (Lipinski definition) is 4. The Morgan fingerprint density at radius 1 is 0.923 bits per heavy atom. The van der Waals surface area contributed by atoms with Crippen LogP contribution in [0.2, 0.25) is 0 Å². The largest absolute Gasteiger partial charge is 0.350 e. The van der Waals surface area contributed by atoms with Gasteiger partial charge in [-0.25, -0.2) is 12.8 Å². The van der Waals surface area contributed by atoms with Crippen molar-refractivity contribution in [3.05, 3.63) is 95.3 Å². The van der Waals surface area contributed by atoms with Gasteiger partial charge in [0.05, 0.1) is 10.6 Å². The van der Waals surface area contributed by atoms with E-state index in [1.54, 1.807) is 49.4 Å². The first-order chi connectivity index (χ1) is 18.2. The van der Waals surface area contributed by atoms with Crippen molar-refractivity contribution in [2.24, 2.45) is 0 Å². The molecule has 0 unspecified atom stereocenters. The van der Waals surface area contributed by atoms with Gasteiger partial charge in [0.15, 0.2) is 0 Å². The average Bonchev–Trinajstić information content (AvgIpc) is 2.87. The fourth-order valence-corrected chi connectivity index (χ4v) is 5.42. The van der Waals surface area contributed by atoms with Gasteiger partial charge in [-0.3, -0.25) is 13.9 Å². The number of benzene rings is 3. The summed E-state index contributed by atoms with van der Waals surface area (Å²) in [7, 11) is -4.16. The summed E-state index contributed by atoms with van der Waals surface area (Å²) in [5.41, 5.74) is 1.78. The Balaban J connectivity index is 2.06. The Hall–Kier alpha value is -3.72. The maximum atomic E-state index is 14.6. The van der Waals surface area contributed by atoms with Crippen LogP contribution in [0.25, 0.3) is 0 Å². The van der Waals surface area contributed by atoms with Crippen LogP contribution in [-0.2, 0) is 26.2 Å². The number of sulfonamides is 1. The predicted molar refractivity (Wildman–Crippen MR) is 151 cm³/mol. The molecule has 0 spiro atoms. The first-order valence-corrected chi connectivity index (χ1v) is 14.1. The van der Waals surface area contributed by atoms with Crippen LogP contribution < -0.4 is 9.62 Å². The van der Waals surface area contributed by atoms with E-state index in [0.717, 1.165) is 15.4 Å². The molecule has 0 aliphatic heterocycles. The van der Waals surface area contributed by atoms with Crippen molar-refractivity contribution in [3.8, 4) is 0 Å². The monoisotopic (exact) mass is 553 g/mol. The molecular weight excluding hydrogens is 517 g/mol. The van der Waals surface area contributed by atoms with E-state index in [9.17, 15) is 22.4 Å². The molecule has 1 atom stereocenters. The molecule has 0 saturated heterocycles. The standard InChI is InChI=1S/C30H36FN3O4S/c1-21-16-17-25(18-22(21)2)34(39(37,38)26-13-8-7-9-14-26)20-28(35)33(19-24-12-10-11-15-27(24)31)23(3)29(36)32-30(4,5)6/h7-18,23H,19-20H2,1-6H3,(H,32,36)/t23-/m1/s1. The molecule has 2 amide bonds. The summed E-state index contributed by atoms with van der Waals surface area (Å²) in [6.45, 7) is 9.96. The maximum Gasteiger partial charge on any atom is 0.264 e. The van der Waals surface area contributed by atoms with Crippen molar-refractivity contribution in [3.63, 3.8) is 0 Å². The highest BCUT2D eigenvalue weighted by atomic mass is 32.2. The van der Waals surface area contributed by atoms with Crippen LogP contribution >= 0.6 is 0 Å². The van der Waals surface area contributed by atoms with Gasteiger partial charge in [-0.2, -0.15) is 0 Å². The van der Waals surface area contributed by atoms with E-state index in [0.29, 0.717) is 5.69 Å². The van der Waals surface area contributed by atoms with Crippen LogP contribution in [0.4, 0.5) is 10.1 Å². The lowest BCUT2D eigenvalue weighted by Crippen LogP contribution is -2.54. The highest BCUT2D eigenvalue weighted by molar-refractivity contribution is 7.92. The molecule has 9 heteroatoms. The van der Waals surface area contributed by atoms with Crippen LogP contribution in [0.1, 0.15) is 44.4 Å². The summed E-state index contributed by atoms with van der Waals surface area (Å²) in [6, 6.07) is 18.0. The fraction of sp³-hybridized carbons (Fsp3) is 0.333. The number of carbonyl (C=O) groups excluding carboxylic acids is 2. The summed E-state index contributed by atoms with van der Waals surface area (Å²) >= 11 is 0. The quantitative estimate of drug-likeness (QED) is 0.405. The zero-order valence-corrected chi connectivity index (χ0v) is 24.0. The van der Waals surface area contributed by atoms with Crippen molar-refractivity contribution in [1.29, 1.82) is 0 Å². The minimum Gasteiger partial charge on any atom is -0.350 e. The lowest BCUT2D eigenvalue weighted by molar-refractivity contribution is -0.140. The van der Waals surface area contributed by atoms with Gasteiger partial charge in [-0.1, -0.05) is 42.5 Å². The van der Waals surface area contributed by atoms with E-state index in [4.69, 9.17) is 0 Å². The normalized spacial score (nSPS) is 12.5. The van der Waals surface area contributed by atoms with E-state index >= 15 is 0 Å². The molecule has 0 saturated carbocycles. The Kier molecular flexibility index (Phi) is 9.17. The molecule has 208 valence electrons. The highest BCUT2D eigenvalue weighted by Gasteiger charge is 2.33. The van der Waals surface area contributed by atoms with E-state index in [1.165, 1.54) is 35.2 Å². The first-order valence-electron chi connectivity index (χ1n) is 12.7. The minimum atomic E-state index is -4.16. The molecular formula is C30H36FN3O4S. The zero-order chi connectivity index (χ0) is 29.0. The topological polar surface area (TPSA) is 86.8 Å². The summed E-state index contributed by atoms with van der Waals surface area (Å²) in [5.74, 6) is -1.61. The summed E-state index contributed by atoms with van der Waals surface area (Å²) < 4.78 is 43.3. The summed E-state index contributed by atoms with van der Waals surface area (Å²) in [6.07, 6.45) is 0. The number of rotatable bonds is 9. The molecule has 3 aromatic rings. The van der Waals surface area contributed by atoms with Crippen molar-refractivity contribution in [2.75, 3.05) is 10.8 Å². The molecule has 0 radical (unpaired) electrons. The minimum absolute atomic E-state index is 0.0233.